The van der Waals surface area contributed by atoms with Crippen molar-refractivity contribution in [2.45, 2.75) is 0 Å². The Morgan fingerprint density at radius 2 is 1.88 bits per heavy atom. The molecule has 132 valence electrons. The molecule has 6 heteroatoms. The minimum Gasteiger partial charge on any atom is -0.379 e. The molecule has 3 rings (SSSR count). The Kier molecular flexibility index (Phi) is 6.39. The van der Waals surface area contributed by atoms with Crippen LogP contribution in [0.2, 0.25) is 0 Å². The van der Waals surface area contributed by atoms with Crippen LogP contribution in [0.1, 0.15) is 10.4 Å². The highest BCUT2D eigenvalue weighted by Gasteiger charge is 2.21. The lowest BCUT2D eigenvalue weighted by atomic mass is 10.1. The van der Waals surface area contributed by atoms with Gasteiger partial charge in [0, 0.05) is 35.4 Å². The molecule has 0 atom stereocenters. The van der Waals surface area contributed by atoms with E-state index in [0.29, 0.717) is 15.7 Å². The van der Waals surface area contributed by atoms with Gasteiger partial charge >= 0.3 is 0 Å². The van der Waals surface area contributed by atoms with Gasteiger partial charge in [-0.2, -0.15) is 0 Å². The summed E-state index contributed by atoms with van der Waals surface area (Å²) in [5.74, 6) is -0.440. The molecule has 1 saturated heterocycles. The molecule has 2 aromatic rings. The first-order valence-corrected chi connectivity index (χ1v) is 9.35. The summed E-state index contributed by atoms with van der Waals surface area (Å²) in [6.45, 7) is 4.58. The Balaban J connectivity index is 1.81. The van der Waals surface area contributed by atoms with Gasteiger partial charge in [-0.3, -0.25) is 9.69 Å². The first kappa shape index (κ1) is 18.3. The van der Waals surface area contributed by atoms with Crippen LogP contribution in [-0.2, 0) is 4.74 Å². The zero-order valence-electron chi connectivity index (χ0n) is 13.8. The maximum absolute atomic E-state index is 13.4. The van der Waals surface area contributed by atoms with Crippen LogP contribution in [0, 0.1) is 9.39 Å². The van der Waals surface area contributed by atoms with Crippen molar-refractivity contribution >= 4 is 34.2 Å². The lowest BCUT2D eigenvalue weighted by Crippen LogP contribution is -2.43. The quantitative estimate of drug-likeness (QED) is 0.650. The van der Waals surface area contributed by atoms with E-state index in [1.807, 2.05) is 52.9 Å². The number of hydrogen-bond acceptors (Lipinski definition) is 3. The molecule has 0 unspecified atom stereocenters. The second-order valence-corrected chi connectivity index (χ2v) is 7.03. The van der Waals surface area contributed by atoms with E-state index < -0.39 is 0 Å². The summed E-state index contributed by atoms with van der Waals surface area (Å²) >= 11 is 2.01. The fourth-order valence-electron chi connectivity index (χ4n) is 2.83. The number of hydrogen-bond donors (Lipinski definition) is 0. The van der Waals surface area contributed by atoms with Gasteiger partial charge in [0.1, 0.15) is 5.82 Å². The van der Waals surface area contributed by atoms with Crippen LogP contribution in [0.5, 0.6) is 0 Å². The molecule has 0 aromatic heterocycles. The van der Waals surface area contributed by atoms with Crippen molar-refractivity contribution in [2.24, 2.45) is 0 Å². The van der Waals surface area contributed by atoms with Gasteiger partial charge in [-0.05, 0) is 52.9 Å². The van der Waals surface area contributed by atoms with Gasteiger partial charge < -0.3 is 9.64 Å². The number of amides is 1. The van der Waals surface area contributed by atoms with Gasteiger partial charge in [0.25, 0.3) is 5.91 Å². The average Bonchev–Trinajstić information content (AvgIpc) is 2.63. The zero-order valence-corrected chi connectivity index (χ0v) is 16.0. The van der Waals surface area contributed by atoms with E-state index >= 15 is 0 Å². The zero-order chi connectivity index (χ0) is 17.6. The normalized spacial score (nSPS) is 15.1. The molecule has 1 aliphatic heterocycles. The summed E-state index contributed by atoms with van der Waals surface area (Å²) in [4.78, 5) is 17.2. The first-order valence-electron chi connectivity index (χ1n) is 8.27. The molecule has 1 amide bonds. The summed E-state index contributed by atoms with van der Waals surface area (Å²) < 4.78 is 19.4. The van der Waals surface area contributed by atoms with Crippen molar-refractivity contribution < 1.29 is 13.9 Å². The molecule has 2 aromatic carbocycles. The fourth-order valence-corrected chi connectivity index (χ4v) is 3.54. The molecule has 0 spiro atoms. The molecule has 0 N–H and O–H groups in total. The molecular weight excluding hydrogens is 434 g/mol. The van der Waals surface area contributed by atoms with Gasteiger partial charge in [0.2, 0.25) is 0 Å². The first-order chi connectivity index (χ1) is 12.1. The van der Waals surface area contributed by atoms with Crippen molar-refractivity contribution in [3.05, 3.63) is 63.5 Å². The monoisotopic (exact) mass is 454 g/mol. The largest absolute Gasteiger partial charge is 0.379 e. The van der Waals surface area contributed by atoms with Crippen LogP contribution in [-0.4, -0.2) is 50.2 Å². The molecule has 0 bridgehead atoms. The topological polar surface area (TPSA) is 32.8 Å². The molecule has 0 saturated carbocycles. The van der Waals surface area contributed by atoms with E-state index in [9.17, 15) is 9.18 Å². The number of nitrogens with zero attached hydrogens (tertiary/aromatic N) is 2. The minimum absolute atomic E-state index is 0.108. The number of halogens is 2. The van der Waals surface area contributed by atoms with Crippen molar-refractivity contribution in [1.29, 1.82) is 0 Å². The van der Waals surface area contributed by atoms with Crippen LogP contribution in [0.4, 0.5) is 10.1 Å². The summed E-state index contributed by atoms with van der Waals surface area (Å²) in [5.41, 5.74) is 1.37. The summed E-state index contributed by atoms with van der Waals surface area (Å²) in [5, 5.41) is 0. The molecule has 1 fully saturated rings. The van der Waals surface area contributed by atoms with Gasteiger partial charge in [-0.1, -0.05) is 18.2 Å². The van der Waals surface area contributed by atoms with Gasteiger partial charge in [-0.15, -0.1) is 0 Å². The van der Waals surface area contributed by atoms with E-state index in [4.69, 9.17) is 4.74 Å². The van der Waals surface area contributed by atoms with E-state index in [0.717, 1.165) is 38.5 Å². The van der Waals surface area contributed by atoms with E-state index in [2.05, 4.69) is 4.90 Å². The number of para-hydroxylation sites is 1. The second kappa shape index (κ2) is 8.73. The van der Waals surface area contributed by atoms with Crippen LogP contribution < -0.4 is 4.90 Å². The van der Waals surface area contributed by atoms with Gasteiger partial charge in [-0.25, -0.2) is 4.39 Å². The van der Waals surface area contributed by atoms with Crippen LogP contribution in [0.15, 0.2) is 48.5 Å². The molecule has 0 radical (unpaired) electrons. The van der Waals surface area contributed by atoms with E-state index in [1.54, 1.807) is 11.0 Å². The standard InChI is InChI=1S/C19H20FIN2O2/c20-15-6-7-17(18(21)14-15)19(24)23(16-4-2-1-3-5-16)9-8-22-10-12-25-13-11-22/h1-7,14H,8-13H2. The van der Waals surface area contributed by atoms with Crippen LogP contribution >= 0.6 is 22.6 Å². The maximum Gasteiger partial charge on any atom is 0.259 e. The van der Waals surface area contributed by atoms with Crippen LogP contribution in [0.25, 0.3) is 0 Å². The summed E-state index contributed by atoms with van der Waals surface area (Å²) in [6, 6.07) is 13.9. The highest BCUT2D eigenvalue weighted by atomic mass is 127. The smallest absolute Gasteiger partial charge is 0.259 e. The molecule has 1 heterocycles. The summed E-state index contributed by atoms with van der Waals surface area (Å²) in [7, 11) is 0. The Morgan fingerprint density at radius 3 is 2.56 bits per heavy atom. The van der Waals surface area contributed by atoms with E-state index in [1.165, 1.54) is 12.1 Å². The third kappa shape index (κ3) is 4.77. The molecule has 4 nitrogen and oxygen atoms in total. The number of anilines is 1. The van der Waals surface area contributed by atoms with Crippen molar-refractivity contribution in [2.75, 3.05) is 44.3 Å². The summed E-state index contributed by atoms with van der Waals surface area (Å²) in [6.07, 6.45) is 0. The molecule has 1 aliphatic rings. The Labute approximate surface area is 160 Å². The lowest BCUT2D eigenvalue weighted by Gasteiger charge is -2.30. The number of carbonyl (C=O) groups excluding carboxylic acids is 1. The SMILES string of the molecule is O=C(c1ccc(F)cc1I)N(CCN1CCOCC1)c1ccccc1. The fraction of sp³-hybridized carbons (Fsp3) is 0.316. The van der Waals surface area contributed by atoms with Crippen LogP contribution in [0.3, 0.4) is 0 Å². The number of benzene rings is 2. The van der Waals surface area contributed by atoms with Crippen molar-refractivity contribution in [1.82, 2.24) is 4.90 Å². The lowest BCUT2D eigenvalue weighted by molar-refractivity contribution is 0.0391. The molecular formula is C19H20FIN2O2. The molecule has 0 aliphatic carbocycles. The van der Waals surface area contributed by atoms with E-state index in [-0.39, 0.29) is 11.7 Å². The highest BCUT2D eigenvalue weighted by molar-refractivity contribution is 14.1. The predicted molar refractivity (Wildman–Crippen MR) is 104 cm³/mol. The van der Waals surface area contributed by atoms with Gasteiger partial charge in [0.05, 0.1) is 18.8 Å². The van der Waals surface area contributed by atoms with Gasteiger partial charge in [0.15, 0.2) is 0 Å². The third-order valence-electron chi connectivity index (χ3n) is 4.22. The number of ether oxygens (including phenoxy) is 1. The number of rotatable bonds is 5. The number of morpholine rings is 1. The minimum atomic E-state index is -0.333. The second-order valence-electron chi connectivity index (χ2n) is 5.87. The number of carbonyl (C=O) groups is 1. The van der Waals surface area contributed by atoms with Crippen molar-refractivity contribution in [3.63, 3.8) is 0 Å². The molecule has 25 heavy (non-hydrogen) atoms. The average molecular weight is 454 g/mol. The highest BCUT2D eigenvalue weighted by Crippen LogP contribution is 2.21. The predicted octanol–water partition coefficient (Wildman–Crippen LogP) is 3.41. The van der Waals surface area contributed by atoms with Crippen molar-refractivity contribution in [3.8, 4) is 0 Å². The Morgan fingerprint density at radius 1 is 1.16 bits per heavy atom. The Hall–Kier alpha value is -1.51. The maximum atomic E-state index is 13.4. The third-order valence-corrected chi connectivity index (χ3v) is 5.11. The Bertz CT molecular complexity index is 721.